The summed E-state index contributed by atoms with van der Waals surface area (Å²) in [5.41, 5.74) is 0. The van der Waals surface area contributed by atoms with Crippen molar-refractivity contribution >= 4 is 18.4 Å². The summed E-state index contributed by atoms with van der Waals surface area (Å²) in [6, 6.07) is 0. The summed E-state index contributed by atoms with van der Waals surface area (Å²) >= 11 is -0.889. The van der Waals surface area contributed by atoms with Crippen molar-refractivity contribution in [3.8, 4) is 0 Å². The number of rotatable bonds is 0. The Morgan fingerprint density at radius 2 is 1.00 bits per heavy atom. The van der Waals surface area contributed by atoms with Gasteiger partial charge < -0.3 is 14.9 Å². The third-order valence-corrected chi connectivity index (χ3v) is 0. The van der Waals surface area contributed by atoms with Crippen molar-refractivity contribution in [2.24, 2.45) is 0 Å². The molecule has 0 aliphatic carbocycles. The van der Waals surface area contributed by atoms with Gasteiger partial charge in [-0.15, -0.1) is 0 Å². The summed E-state index contributed by atoms with van der Waals surface area (Å²) in [7, 11) is 9.89. The molecule has 3 heteroatoms. The number of halogens is 2. The fourth-order valence-corrected chi connectivity index (χ4v) is 0. The minimum absolute atomic E-state index is 0. The first-order valence-corrected chi connectivity index (χ1v) is 8.30. The molecule has 0 aliphatic rings. The molecule has 0 heterocycles. The second-order valence-corrected chi connectivity index (χ2v) is 4.71. The van der Waals surface area contributed by atoms with Gasteiger partial charge in [0.15, 0.2) is 0 Å². The van der Waals surface area contributed by atoms with E-state index in [9.17, 15) is 0 Å². The van der Waals surface area contributed by atoms with E-state index in [-0.39, 0.29) is 14.9 Å². The molecule has 0 aromatic rings. The van der Waals surface area contributed by atoms with Gasteiger partial charge in [-0.05, 0) is 0 Å². The van der Waals surface area contributed by atoms with Crippen LogP contribution in [-0.2, 0) is 17.6 Å². The van der Waals surface area contributed by atoms with Gasteiger partial charge in [-0.1, -0.05) is 0 Å². The molecule has 5 heavy (non-hydrogen) atoms. The zero-order chi connectivity index (χ0) is 2.71. The van der Waals surface area contributed by atoms with E-state index in [1.165, 1.54) is 0 Å². The van der Waals surface area contributed by atoms with Crippen molar-refractivity contribution in [1.29, 1.82) is 0 Å². The monoisotopic (exact) mass is 281 g/mol. The van der Waals surface area contributed by atoms with Crippen molar-refractivity contribution in [3.63, 3.8) is 0 Å². The second kappa shape index (κ2) is 18.4. The minimum atomic E-state index is -0.889. The Balaban J connectivity index is -0.0000000200. The molecule has 35 valence electrons. The average molecular weight is 282 g/mol. The molecular formula is C2H6Cl2Ta-2. The molecule has 0 unspecified atom stereocenters. The van der Waals surface area contributed by atoms with Crippen LogP contribution >= 0.6 is 18.4 Å². The SMILES string of the molecule is [CH3-].[CH3-].[Cl][Ta][Cl]. The molecule has 0 amide bonds. The second-order valence-electron chi connectivity index (χ2n) is 0.0639. The van der Waals surface area contributed by atoms with Gasteiger partial charge >= 0.3 is 36.0 Å². The summed E-state index contributed by atoms with van der Waals surface area (Å²) in [4.78, 5) is 0. The van der Waals surface area contributed by atoms with Crippen molar-refractivity contribution in [3.05, 3.63) is 14.9 Å². The standard InChI is InChI=1S/2CH3.2ClH.Ta/h2*1H3;2*1H;/q2*-1;;;+2/p-2. The summed E-state index contributed by atoms with van der Waals surface area (Å²) in [5, 5.41) is 0. The number of hydrogen-bond acceptors (Lipinski definition) is 0. The van der Waals surface area contributed by atoms with Crippen LogP contribution in [0.15, 0.2) is 0 Å². The van der Waals surface area contributed by atoms with Gasteiger partial charge in [-0.2, -0.15) is 0 Å². The van der Waals surface area contributed by atoms with E-state index in [0.717, 1.165) is 0 Å². The van der Waals surface area contributed by atoms with Crippen LogP contribution in [-0.4, -0.2) is 0 Å². The van der Waals surface area contributed by atoms with E-state index in [2.05, 4.69) is 0 Å². The Morgan fingerprint density at radius 1 is 1.00 bits per heavy atom. The molecular weight excluding hydrogens is 276 g/mol. The molecule has 0 bridgehead atoms. The molecule has 0 saturated heterocycles. The molecule has 0 fully saturated rings. The van der Waals surface area contributed by atoms with Gasteiger partial charge in [0.25, 0.3) is 0 Å². The van der Waals surface area contributed by atoms with Gasteiger partial charge in [0.05, 0.1) is 0 Å². The fourth-order valence-electron chi connectivity index (χ4n) is 0. The first-order chi connectivity index (χ1) is 1.41. The molecule has 0 nitrogen and oxygen atoms in total. The van der Waals surface area contributed by atoms with Gasteiger partial charge in [0, 0.05) is 0 Å². The molecule has 0 aliphatic heterocycles. The predicted octanol–water partition coefficient (Wildman–Crippen LogP) is 2.28. The van der Waals surface area contributed by atoms with E-state index in [1.807, 2.05) is 0 Å². The Labute approximate surface area is 50.8 Å². The first-order valence-electron chi connectivity index (χ1n) is 0.338. The predicted molar refractivity (Wildman–Crippen MR) is 24.5 cm³/mol. The van der Waals surface area contributed by atoms with E-state index in [1.54, 1.807) is 0 Å². The molecule has 0 N–H and O–H groups in total. The molecule has 0 aromatic heterocycles. The van der Waals surface area contributed by atoms with Gasteiger partial charge in [-0.25, -0.2) is 0 Å². The van der Waals surface area contributed by atoms with Crippen LogP contribution in [0.25, 0.3) is 0 Å². The summed E-state index contributed by atoms with van der Waals surface area (Å²) in [6.07, 6.45) is 0. The van der Waals surface area contributed by atoms with E-state index in [4.69, 9.17) is 18.4 Å². The van der Waals surface area contributed by atoms with Crippen molar-refractivity contribution < 1.29 is 17.6 Å². The van der Waals surface area contributed by atoms with Crippen LogP contribution in [0.4, 0.5) is 0 Å². The quantitative estimate of drug-likeness (QED) is 0.598. The van der Waals surface area contributed by atoms with E-state index < -0.39 is 17.6 Å². The van der Waals surface area contributed by atoms with Crippen molar-refractivity contribution in [2.45, 2.75) is 0 Å². The van der Waals surface area contributed by atoms with Crippen LogP contribution in [0.1, 0.15) is 0 Å². The molecule has 0 spiro atoms. The summed E-state index contributed by atoms with van der Waals surface area (Å²) in [5.74, 6) is 0. The summed E-state index contributed by atoms with van der Waals surface area (Å²) < 4.78 is 0. The Kier molecular flexibility index (Phi) is 59.9. The molecule has 0 atom stereocenters. The Bertz CT molecular complexity index is 7.61. The first kappa shape index (κ1) is 16.2. The molecule has 0 aromatic carbocycles. The molecule has 0 rings (SSSR count). The fraction of sp³-hybridized carbons (Fsp3) is 0. The van der Waals surface area contributed by atoms with Crippen molar-refractivity contribution in [1.82, 2.24) is 0 Å². The van der Waals surface area contributed by atoms with Crippen LogP contribution < -0.4 is 0 Å². The van der Waals surface area contributed by atoms with Gasteiger partial charge in [0.1, 0.15) is 0 Å². The normalized spacial score (nSPS) is 2.80. The van der Waals surface area contributed by atoms with Crippen LogP contribution in [0.5, 0.6) is 0 Å². The third kappa shape index (κ3) is 33.6. The topological polar surface area (TPSA) is 0 Å². The van der Waals surface area contributed by atoms with E-state index in [0.29, 0.717) is 0 Å². The molecule has 0 saturated carbocycles. The van der Waals surface area contributed by atoms with Crippen LogP contribution in [0, 0.1) is 14.9 Å². The van der Waals surface area contributed by atoms with Crippen molar-refractivity contribution in [2.75, 3.05) is 0 Å². The third-order valence-electron chi connectivity index (χ3n) is 0. The summed E-state index contributed by atoms with van der Waals surface area (Å²) in [6.45, 7) is 0. The van der Waals surface area contributed by atoms with Crippen LogP contribution in [0.2, 0.25) is 0 Å². The van der Waals surface area contributed by atoms with Gasteiger partial charge in [0.2, 0.25) is 0 Å². The Hall–Kier alpha value is 1.32. The van der Waals surface area contributed by atoms with Gasteiger partial charge in [-0.3, -0.25) is 0 Å². The maximum atomic E-state index is 4.94. The zero-order valence-electron chi connectivity index (χ0n) is 3.20. The number of hydrogen-bond donors (Lipinski definition) is 0. The maximum absolute atomic E-state index is 4.94. The van der Waals surface area contributed by atoms with Crippen LogP contribution in [0.3, 0.4) is 0 Å². The Morgan fingerprint density at radius 3 is 1.00 bits per heavy atom. The molecule has 0 radical (unpaired) electrons. The zero-order valence-corrected chi connectivity index (χ0v) is 7.93. The van der Waals surface area contributed by atoms with E-state index >= 15 is 0 Å². The average Bonchev–Trinajstić information content (AvgIpc) is 0.918.